The lowest BCUT2D eigenvalue weighted by atomic mass is 9.94. The van der Waals surface area contributed by atoms with Crippen LogP contribution in [0.3, 0.4) is 0 Å². The number of carbonyl (C=O) groups excluding carboxylic acids is 1. The van der Waals surface area contributed by atoms with Gasteiger partial charge in [-0.2, -0.15) is 0 Å². The zero-order valence-corrected chi connectivity index (χ0v) is 10.5. The summed E-state index contributed by atoms with van der Waals surface area (Å²) in [6.45, 7) is 0.253. The van der Waals surface area contributed by atoms with Gasteiger partial charge in [-0.1, -0.05) is 60.7 Å². The van der Waals surface area contributed by atoms with Crippen LogP contribution < -0.4 is 5.32 Å². The van der Waals surface area contributed by atoms with Crippen molar-refractivity contribution in [3.05, 3.63) is 71.8 Å². The standard InChI is InChI=1S/C16H15NO2/c18-14-11-17-15(12-7-3-1-4-8-12)16(19-14)13-9-5-2-6-10-13/h1-10,15-17H,11H2/t15-,16+/m0/s1. The Kier molecular flexibility index (Phi) is 3.29. The van der Waals surface area contributed by atoms with Gasteiger partial charge >= 0.3 is 5.97 Å². The number of carbonyl (C=O) groups is 1. The molecule has 0 radical (unpaired) electrons. The lowest BCUT2D eigenvalue weighted by Gasteiger charge is -2.32. The first-order chi connectivity index (χ1) is 9.34. The highest BCUT2D eigenvalue weighted by Crippen LogP contribution is 2.34. The summed E-state index contributed by atoms with van der Waals surface area (Å²) < 4.78 is 5.54. The Morgan fingerprint density at radius 3 is 2.11 bits per heavy atom. The average Bonchev–Trinajstić information content (AvgIpc) is 2.49. The molecule has 19 heavy (non-hydrogen) atoms. The third-order valence-corrected chi connectivity index (χ3v) is 3.31. The molecule has 0 spiro atoms. The van der Waals surface area contributed by atoms with Crippen LogP contribution in [0.1, 0.15) is 23.3 Å². The van der Waals surface area contributed by atoms with E-state index in [-0.39, 0.29) is 24.7 Å². The Labute approximate surface area is 112 Å². The Hall–Kier alpha value is -2.13. The molecule has 1 N–H and O–H groups in total. The monoisotopic (exact) mass is 253 g/mol. The Morgan fingerprint density at radius 1 is 0.895 bits per heavy atom. The average molecular weight is 253 g/mol. The van der Waals surface area contributed by atoms with Gasteiger partial charge in [-0.3, -0.25) is 10.1 Å². The maximum absolute atomic E-state index is 11.5. The molecule has 2 aromatic carbocycles. The van der Waals surface area contributed by atoms with Crippen molar-refractivity contribution in [2.75, 3.05) is 6.54 Å². The van der Waals surface area contributed by atoms with Gasteiger partial charge in [-0.25, -0.2) is 0 Å². The molecule has 3 nitrogen and oxygen atoms in total. The van der Waals surface area contributed by atoms with Crippen LogP contribution in [0.25, 0.3) is 0 Å². The summed E-state index contributed by atoms with van der Waals surface area (Å²) in [5.74, 6) is -0.207. The maximum atomic E-state index is 11.5. The molecule has 96 valence electrons. The van der Waals surface area contributed by atoms with Gasteiger partial charge in [0.25, 0.3) is 0 Å². The quantitative estimate of drug-likeness (QED) is 0.836. The van der Waals surface area contributed by atoms with Crippen molar-refractivity contribution >= 4 is 5.97 Å². The topological polar surface area (TPSA) is 38.3 Å². The zero-order valence-electron chi connectivity index (χ0n) is 10.5. The zero-order chi connectivity index (χ0) is 13.1. The van der Waals surface area contributed by atoms with E-state index in [4.69, 9.17) is 4.74 Å². The van der Waals surface area contributed by atoms with Crippen molar-refractivity contribution in [3.63, 3.8) is 0 Å². The largest absolute Gasteiger partial charge is 0.454 e. The minimum Gasteiger partial charge on any atom is -0.454 e. The number of ether oxygens (including phenoxy) is 1. The highest BCUT2D eigenvalue weighted by atomic mass is 16.5. The smallest absolute Gasteiger partial charge is 0.320 e. The second-order valence-electron chi connectivity index (χ2n) is 4.59. The van der Waals surface area contributed by atoms with Crippen molar-refractivity contribution in [3.8, 4) is 0 Å². The number of hydrogen-bond acceptors (Lipinski definition) is 3. The summed E-state index contributed by atoms with van der Waals surface area (Å²) in [7, 11) is 0. The summed E-state index contributed by atoms with van der Waals surface area (Å²) in [5.41, 5.74) is 2.14. The van der Waals surface area contributed by atoms with Gasteiger partial charge < -0.3 is 4.74 Å². The molecule has 3 rings (SSSR count). The Morgan fingerprint density at radius 2 is 1.47 bits per heavy atom. The number of nitrogens with one attached hydrogen (secondary N) is 1. The minimum atomic E-state index is -0.273. The number of morpholine rings is 1. The van der Waals surface area contributed by atoms with E-state index in [2.05, 4.69) is 5.32 Å². The molecule has 1 heterocycles. The number of hydrogen-bond donors (Lipinski definition) is 1. The first-order valence-corrected chi connectivity index (χ1v) is 6.37. The fourth-order valence-electron chi connectivity index (χ4n) is 2.41. The molecular weight excluding hydrogens is 238 g/mol. The number of benzene rings is 2. The van der Waals surface area contributed by atoms with Crippen molar-refractivity contribution in [1.82, 2.24) is 5.32 Å². The molecule has 0 amide bonds. The molecule has 0 aromatic heterocycles. The van der Waals surface area contributed by atoms with Gasteiger partial charge in [-0.15, -0.1) is 0 Å². The normalized spacial score (nSPS) is 22.8. The van der Waals surface area contributed by atoms with Crippen LogP contribution in [0.4, 0.5) is 0 Å². The number of esters is 1. The molecule has 1 fully saturated rings. The summed E-state index contributed by atoms with van der Waals surface area (Å²) in [6.07, 6.45) is -0.273. The third-order valence-electron chi connectivity index (χ3n) is 3.31. The van der Waals surface area contributed by atoms with Gasteiger partial charge in [0, 0.05) is 0 Å². The van der Waals surface area contributed by atoms with Crippen LogP contribution in [0.2, 0.25) is 0 Å². The summed E-state index contributed by atoms with van der Waals surface area (Å²) in [6, 6.07) is 19.9. The van der Waals surface area contributed by atoms with Crippen LogP contribution in [-0.2, 0) is 9.53 Å². The highest BCUT2D eigenvalue weighted by molar-refractivity contribution is 5.73. The molecule has 1 aliphatic heterocycles. The van der Waals surface area contributed by atoms with Gasteiger partial charge in [0.15, 0.2) is 0 Å². The lowest BCUT2D eigenvalue weighted by Crippen LogP contribution is -2.40. The lowest BCUT2D eigenvalue weighted by molar-refractivity contribution is -0.155. The maximum Gasteiger partial charge on any atom is 0.320 e. The van der Waals surface area contributed by atoms with E-state index in [9.17, 15) is 4.79 Å². The van der Waals surface area contributed by atoms with E-state index in [1.165, 1.54) is 0 Å². The van der Waals surface area contributed by atoms with Crippen LogP contribution >= 0.6 is 0 Å². The predicted molar refractivity (Wildman–Crippen MR) is 72.5 cm³/mol. The first-order valence-electron chi connectivity index (χ1n) is 6.37. The van der Waals surface area contributed by atoms with Crippen molar-refractivity contribution in [2.45, 2.75) is 12.1 Å². The summed E-state index contributed by atoms with van der Waals surface area (Å²) in [5, 5.41) is 3.26. The van der Waals surface area contributed by atoms with E-state index in [0.29, 0.717) is 0 Å². The van der Waals surface area contributed by atoms with Crippen molar-refractivity contribution in [1.29, 1.82) is 0 Å². The molecule has 3 heteroatoms. The van der Waals surface area contributed by atoms with E-state index in [1.807, 2.05) is 60.7 Å². The molecule has 1 saturated heterocycles. The van der Waals surface area contributed by atoms with Crippen molar-refractivity contribution < 1.29 is 9.53 Å². The van der Waals surface area contributed by atoms with Crippen LogP contribution in [0.15, 0.2) is 60.7 Å². The molecule has 0 bridgehead atoms. The predicted octanol–water partition coefficient (Wildman–Crippen LogP) is 2.62. The van der Waals surface area contributed by atoms with Crippen molar-refractivity contribution in [2.24, 2.45) is 0 Å². The van der Waals surface area contributed by atoms with Crippen LogP contribution in [-0.4, -0.2) is 12.5 Å². The van der Waals surface area contributed by atoms with Crippen LogP contribution in [0, 0.1) is 0 Å². The minimum absolute atomic E-state index is 0.00120. The fourth-order valence-corrected chi connectivity index (χ4v) is 2.41. The molecule has 1 aliphatic rings. The molecule has 2 atom stereocenters. The van der Waals surface area contributed by atoms with E-state index >= 15 is 0 Å². The molecule has 0 unspecified atom stereocenters. The van der Waals surface area contributed by atoms with Gasteiger partial charge in [0.1, 0.15) is 6.10 Å². The van der Waals surface area contributed by atoms with Gasteiger partial charge in [-0.05, 0) is 11.1 Å². The second kappa shape index (κ2) is 5.24. The summed E-state index contributed by atoms with van der Waals surface area (Å²) >= 11 is 0. The molecule has 0 saturated carbocycles. The first kappa shape index (κ1) is 11.9. The molecule has 2 aromatic rings. The van der Waals surface area contributed by atoms with Gasteiger partial charge in [0.2, 0.25) is 0 Å². The molecular formula is C16H15NO2. The third kappa shape index (κ3) is 2.51. The number of cyclic esters (lactones) is 1. The SMILES string of the molecule is O=C1CN[C@@H](c2ccccc2)[C@@H](c2ccccc2)O1. The fraction of sp³-hybridized carbons (Fsp3) is 0.188. The van der Waals surface area contributed by atoms with E-state index in [0.717, 1.165) is 11.1 Å². The Bertz CT molecular complexity index is 553. The summed E-state index contributed by atoms with van der Waals surface area (Å²) in [4.78, 5) is 11.5. The second-order valence-corrected chi connectivity index (χ2v) is 4.59. The molecule has 0 aliphatic carbocycles. The highest BCUT2D eigenvalue weighted by Gasteiger charge is 2.32. The van der Waals surface area contributed by atoms with E-state index in [1.54, 1.807) is 0 Å². The van der Waals surface area contributed by atoms with Crippen LogP contribution in [0.5, 0.6) is 0 Å². The number of rotatable bonds is 2. The van der Waals surface area contributed by atoms with Gasteiger partial charge in [0.05, 0.1) is 12.6 Å². The Balaban J connectivity index is 1.95. The van der Waals surface area contributed by atoms with E-state index < -0.39 is 0 Å².